The fourth-order valence-corrected chi connectivity index (χ4v) is 4.92. The van der Waals surface area contributed by atoms with Gasteiger partial charge in [0.15, 0.2) is 0 Å². The molecule has 120 valence electrons. The van der Waals surface area contributed by atoms with Gasteiger partial charge in [-0.3, -0.25) is 0 Å². The van der Waals surface area contributed by atoms with E-state index in [-0.39, 0.29) is 5.41 Å². The van der Waals surface area contributed by atoms with Crippen molar-refractivity contribution in [3.05, 3.63) is 35.4 Å². The maximum Gasteiger partial charge on any atom is 0.505 e. The van der Waals surface area contributed by atoms with Gasteiger partial charge in [0.05, 0.1) is 0 Å². The Morgan fingerprint density at radius 1 is 0.810 bits per heavy atom. The van der Waals surface area contributed by atoms with E-state index in [1.165, 1.54) is 11.1 Å². The van der Waals surface area contributed by atoms with Gasteiger partial charge >= 0.3 is 8.80 Å². The first-order chi connectivity index (χ1) is 9.87. The molecule has 0 aromatic heterocycles. The van der Waals surface area contributed by atoms with Gasteiger partial charge in [-0.2, -0.15) is 0 Å². The molecule has 0 spiro atoms. The fourth-order valence-electron chi connectivity index (χ4n) is 2.31. The van der Waals surface area contributed by atoms with Gasteiger partial charge in [0.25, 0.3) is 0 Å². The maximum absolute atomic E-state index is 5.91. The summed E-state index contributed by atoms with van der Waals surface area (Å²) in [7, 11) is -2.60. The molecule has 1 aromatic rings. The molecule has 0 amide bonds. The van der Waals surface area contributed by atoms with Gasteiger partial charge in [-0.15, -0.1) is 0 Å². The highest BCUT2D eigenvalue weighted by molar-refractivity contribution is 6.60. The molecule has 0 bridgehead atoms. The molecule has 3 nitrogen and oxygen atoms in total. The Morgan fingerprint density at radius 3 is 1.57 bits per heavy atom. The van der Waals surface area contributed by atoms with Crippen LogP contribution in [-0.4, -0.2) is 28.6 Å². The van der Waals surface area contributed by atoms with E-state index in [1.54, 1.807) is 0 Å². The minimum Gasteiger partial charge on any atom is -0.374 e. The molecule has 0 saturated heterocycles. The van der Waals surface area contributed by atoms with Crippen molar-refractivity contribution >= 4 is 8.80 Å². The minimum absolute atomic E-state index is 0.173. The van der Waals surface area contributed by atoms with Gasteiger partial charge in [-0.25, -0.2) is 0 Å². The lowest BCUT2D eigenvalue weighted by atomic mass is 9.87. The van der Waals surface area contributed by atoms with E-state index in [0.29, 0.717) is 19.8 Å². The molecule has 0 saturated carbocycles. The van der Waals surface area contributed by atoms with Crippen LogP contribution in [0.4, 0.5) is 0 Å². The van der Waals surface area contributed by atoms with E-state index in [9.17, 15) is 0 Å². The Hall–Kier alpha value is -0.683. The maximum atomic E-state index is 5.91. The van der Waals surface area contributed by atoms with E-state index in [4.69, 9.17) is 13.3 Å². The van der Waals surface area contributed by atoms with Crippen LogP contribution in [0, 0.1) is 0 Å². The van der Waals surface area contributed by atoms with Gasteiger partial charge in [-0.1, -0.05) is 45.0 Å². The van der Waals surface area contributed by atoms with E-state index in [1.807, 2.05) is 20.8 Å². The Balaban J connectivity index is 2.92. The summed E-state index contributed by atoms with van der Waals surface area (Å²) < 4.78 is 17.7. The van der Waals surface area contributed by atoms with Crippen LogP contribution in [-0.2, 0) is 24.7 Å². The minimum atomic E-state index is -2.60. The standard InChI is InChI=1S/C17H30O3Si/c1-7-18-21(19-8-2,20-9-3)14-15-10-12-16(13-11-15)17(4,5)6/h10-13H,7-9,14H2,1-6H3. The van der Waals surface area contributed by atoms with Crippen LogP contribution < -0.4 is 0 Å². The Labute approximate surface area is 131 Å². The smallest absolute Gasteiger partial charge is 0.374 e. The van der Waals surface area contributed by atoms with Crippen molar-refractivity contribution in [3.63, 3.8) is 0 Å². The molecule has 4 heteroatoms. The molecule has 0 N–H and O–H groups in total. The van der Waals surface area contributed by atoms with Crippen molar-refractivity contribution in [1.82, 2.24) is 0 Å². The summed E-state index contributed by atoms with van der Waals surface area (Å²) in [6, 6.07) is 9.45. The summed E-state index contributed by atoms with van der Waals surface area (Å²) in [6.45, 7) is 14.5. The van der Waals surface area contributed by atoms with Crippen LogP contribution in [0.15, 0.2) is 24.3 Å². The van der Waals surface area contributed by atoms with Crippen LogP contribution in [0.2, 0.25) is 0 Å². The highest BCUT2D eigenvalue weighted by atomic mass is 28.4. The highest BCUT2D eigenvalue weighted by Crippen LogP contribution is 2.24. The molecule has 0 heterocycles. The Kier molecular flexibility index (Phi) is 7.07. The van der Waals surface area contributed by atoms with Crippen LogP contribution in [0.25, 0.3) is 0 Å². The molecular weight excluding hydrogens is 280 g/mol. The second kappa shape index (κ2) is 8.08. The fraction of sp³-hybridized carbons (Fsp3) is 0.647. The first kappa shape index (κ1) is 18.4. The molecule has 1 aromatic carbocycles. The van der Waals surface area contributed by atoms with Gasteiger partial charge < -0.3 is 13.3 Å². The largest absolute Gasteiger partial charge is 0.505 e. The van der Waals surface area contributed by atoms with Gasteiger partial charge in [0.1, 0.15) is 0 Å². The third-order valence-corrected chi connectivity index (χ3v) is 6.36. The zero-order valence-corrected chi connectivity index (χ0v) is 15.4. The molecule has 0 radical (unpaired) electrons. The van der Waals surface area contributed by atoms with E-state index >= 15 is 0 Å². The zero-order valence-electron chi connectivity index (χ0n) is 14.4. The average molecular weight is 311 g/mol. The van der Waals surface area contributed by atoms with Crippen LogP contribution in [0.3, 0.4) is 0 Å². The van der Waals surface area contributed by atoms with Crippen molar-refractivity contribution in [1.29, 1.82) is 0 Å². The first-order valence-electron chi connectivity index (χ1n) is 7.88. The van der Waals surface area contributed by atoms with Crippen molar-refractivity contribution in [3.8, 4) is 0 Å². The summed E-state index contributed by atoms with van der Waals surface area (Å²) in [5.41, 5.74) is 2.72. The molecule has 0 aliphatic heterocycles. The molecule has 1 rings (SSSR count). The third kappa shape index (κ3) is 5.55. The quantitative estimate of drug-likeness (QED) is 0.676. The predicted molar refractivity (Wildman–Crippen MR) is 89.5 cm³/mol. The number of hydrogen-bond acceptors (Lipinski definition) is 3. The lowest BCUT2D eigenvalue weighted by Crippen LogP contribution is -2.48. The highest BCUT2D eigenvalue weighted by Gasteiger charge is 2.40. The molecule has 0 aliphatic carbocycles. The summed E-state index contributed by atoms with van der Waals surface area (Å²) in [4.78, 5) is 0. The van der Waals surface area contributed by atoms with Crippen LogP contribution in [0.1, 0.15) is 52.7 Å². The Morgan fingerprint density at radius 2 is 1.24 bits per heavy atom. The summed E-state index contributed by atoms with van der Waals surface area (Å²) in [5.74, 6) is 0. The first-order valence-corrected chi connectivity index (χ1v) is 9.81. The van der Waals surface area contributed by atoms with Gasteiger partial charge in [0, 0.05) is 25.9 Å². The van der Waals surface area contributed by atoms with Crippen molar-refractivity contribution < 1.29 is 13.3 Å². The van der Waals surface area contributed by atoms with Crippen molar-refractivity contribution in [2.45, 2.75) is 53.0 Å². The van der Waals surface area contributed by atoms with Crippen LogP contribution in [0.5, 0.6) is 0 Å². The second-order valence-corrected chi connectivity index (χ2v) is 8.69. The molecule has 0 unspecified atom stereocenters. The van der Waals surface area contributed by atoms with E-state index in [0.717, 1.165) is 6.04 Å². The molecule has 0 aliphatic rings. The lowest BCUT2D eigenvalue weighted by molar-refractivity contribution is 0.0704. The van der Waals surface area contributed by atoms with E-state index < -0.39 is 8.80 Å². The summed E-state index contributed by atoms with van der Waals surface area (Å²) >= 11 is 0. The normalized spacial score (nSPS) is 12.7. The van der Waals surface area contributed by atoms with E-state index in [2.05, 4.69) is 45.0 Å². The number of benzene rings is 1. The number of hydrogen-bond donors (Lipinski definition) is 0. The summed E-state index contributed by atoms with van der Waals surface area (Å²) in [6.07, 6.45) is 0. The summed E-state index contributed by atoms with van der Waals surface area (Å²) in [5, 5.41) is 0. The van der Waals surface area contributed by atoms with Crippen molar-refractivity contribution in [2.75, 3.05) is 19.8 Å². The molecule has 0 fully saturated rings. The topological polar surface area (TPSA) is 27.7 Å². The molecule has 0 atom stereocenters. The average Bonchev–Trinajstić information content (AvgIpc) is 2.39. The SMILES string of the molecule is CCO[Si](Cc1ccc(C(C)(C)C)cc1)(OCC)OCC. The number of rotatable bonds is 8. The van der Waals surface area contributed by atoms with Gasteiger partial charge in [-0.05, 0) is 37.3 Å². The lowest BCUT2D eigenvalue weighted by Gasteiger charge is -2.28. The van der Waals surface area contributed by atoms with Crippen LogP contribution >= 0.6 is 0 Å². The van der Waals surface area contributed by atoms with Gasteiger partial charge in [0.2, 0.25) is 0 Å². The predicted octanol–water partition coefficient (Wildman–Crippen LogP) is 4.11. The molecular formula is C17H30O3Si. The third-order valence-electron chi connectivity index (χ3n) is 3.33. The van der Waals surface area contributed by atoms with Crippen molar-refractivity contribution in [2.24, 2.45) is 0 Å². The molecule has 21 heavy (non-hydrogen) atoms. The zero-order chi connectivity index (χ0) is 15.9. The Bertz CT molecular complexity index is 392. The monoisotopic (exact) mass is 310 g/mol. The second-order valence-electron chi connectivity index (χ2n) is 6.11.